The van der Waals surface area contributed by atoms with Gasteiger partial charge < -0.3 is 10.1 Å². The number of aryl methyl sites for hydroxylation is 1. The Morgan fingerprint density at radius 3 is 2.32 bits per heavy atom. The maximum Gasteiger partial charge on any atom is 0.256 e. The van der Waals surface area contributed by atoms with Gasteiger partial charge in [-0.05, 0) is 36.1 Å². The summed E-state index contributed by atoms with van der Waals surface area (Å²) in [6.07, 6.45) is 0. The van der Waals surface area contributed by atoms with E-state index in [4.69, 9.17) is 4.74 Å². The van der Waals surface area contributed by atoms with E-state index in [9.17, 15) is 4.79 Å². The SMILES string of the molecule is COc1ccc(C(=O)Nc2ccccc2C)c2ccccc12. The number of carbonyl (C=O) groups is 1. The minimum Gasteiger partial charge on any atom is -0.496 e. The van der Waals surface area contributed by atoms with Gasteiger partial charge >= 0.3 is 0 Å². The zero-order valence-corrected chi connectivity index (χ0v) is 12.6. The Hall–Kier alpha value is -2.81. The molecule has 3 aromatic rings. The number of anilines is 1. The van der Waals surface area contributed by atoms with Crippen LogP contribution in [0.4, 0.5) is 5.69 Å². The van der Waals surface area contributed by atoms with Crippen LogP contribution in [0.2, 0.25) is 0 Å². The topological polar surface area (TPSA) is 38.3 Å². The van der Waals surface area contributed by atoms with Crippen molar-refractivity contribution in [1.82, 2.24) is 0 Å². The van der Waals surface area contributed by atoms with Crippen LogP contribution in [-0.4, -0.2) is 13.0 Å². The van der Waals surface area contributed by atoms with E-state index in [1.807, 2.05) is 61.5 Å². The number of methoxy groups -OCH3 is 1. The van der Waals surface area contributed by atoms with Gasteiger partial charge in [0.2, 0.25) is 0 Å². The number of rotatable bonds is 3. The molecule has 0 saturated heterocycles. The van der Waals surface area contributed by atoms with Crippen molar-refractivity contribution in [2.24, 2.45) is 0 Å². The molecule has 0 spiro atoms. The van der Waals surface area contributed by atoms with Crippen molar-refractivity contribution < 1.29 is 9.53 Å². The summed E-state index contributed by atoms with van der Waals surface area (Å²) in [5, 5.41) is 4.79. The molecule has 0 aliphatic carbocycles. The summed E-state index contributed by atoms with van der Waals surface area (Å²) in [4.78, 5) is 12.6. The third-order valence-corrected chi connectivity index (χ3v) is 3.74. The van der Waals surface area contributed by atoms with E-state index in [-0.39, 0.29) is 5.91 Å². The fraction of sp³-hybridized carbons (Fsp3) is 0.105. The van der Waals surface area contributed by atoms with Crippen LogP contribution in [0.1, 0.15) is 15.9 Å². The van der Waals surface area contributed by atoms with Crippen molar-refractivity contribution in [2.75, 3.05) is 12.4 Å². The van der Waals surface area contributed by atoms with Crippen molar-refractivity contribution in [2.45, 2.75) is 6.92 Å². The number of fused-ring (bicyclic) bond motifs is 1. The predicted octanol–water partition coefficient (Wildman–Crippen LogP) is 4.41. The lowest BCUT2D eigenvalue weighted by molar-refractivity contribution is 0.102. The molecule has 0 unspecified atom stereocenters. The van der Waals surface area contributed by atoms with Crippen LogP contribution in [0.25, 0.3) is 10.8 Å². The van der Waals surface area contributed by atoms with Gasteiger partial charge in [-0.1, -0.05) is 42.5 Å². The molecule has 0 aliphatic heterocycles. The number of amides is 1. The molecular formula is C19H17NO2. The zero-order chi connectivity index (χ0) is 15.5. The Bertz CT molecular complexity index is 840. The first-order chi connectivity index (χ1) is 10.7. The number of benzene rings is 3. The molecule has 3 nitrogen and oxygen atoms in total. The van der Waals surface area contributed by atoms with Gasteiger partial charge in [0.15, 0.2) is 0 Å². The van der Waals surface area contributed by atoms with Gasteiger partial charge in [-0.2, -0.15) is 0 Å². The molecule has 22 heavy (non-hydrogen) atoms. The third kappa shape index (κ3) is 2.53. The highest BCUT2D eigenvalue weighted by molar-refractivity contribution is 6.14. The molecular weight excluding hydrogens is 274 g/mol. The molecule has 110 valence electrons. The van der Waals surface area contributed by atoms with E-state index in [2.05, 4.69) is 5.32 Å². The smallest absolute Gasteiger partial charge is 0.256 e. The van der Waals surface area contributed by atoms with Crippen molar-refractivity contribution >= 4 is 22.4 Å². The Labute approximate surface area is 129 Å². The Kier molecular flexibility index (Phi) is 3.79. The zero-order valence-electron chi connectivity index (χ0n) is 12.6. The van der Waals surface area contributed by atoms with E-state index in [1.54, 1.807) is 13.2 Å². The van der Waals surface area contributed by atoms with Gasteiger partial charge in [0.05, 0.1) is 7.11 Å². The first-order valence-corrected chi connectivity index (χ1v) is 7.13. The first kappa shape index (κ1) is 14.1. The minimum atomic E-state index is -0.117. The fourth-order valence-corrected chi connectivity index (χ4v) is 2.55. The summed E-state index contributed by atoms with van der Waals surface area (Å²) in [7, 11) is 1.63. The van der Waals surface area contributed by atoms with Gasteiger partial charge in [-0.3, -0.25) is 4.79 Å². The number of hydrogen-bond acceptors (Lipinski definition) is 2. The van der Waals surface area contributed by atoms with Gasteiger partial charge in [0, 0.05) is 16.6 Å². The molecule has 0 atom stereocenters. The summed E-state index contributed by atoms with van der Waals surface area (Å²) < 4.78 is 5.37. The first-order valence-electron chi connectivity index (χ1n) is 7.13. The second kappa shape index (κ2) is 5.90. The number of ether oxygens (including phenoxy) is 1. The van der Waals surface area contributed by atoms with E-state index in [0.717, 1.165) is 27.8 Å². The summed E-state index contributed by atoms with van der Waals surface area (Å²) >= 11 is 0. The molecule has 1 amide bonds. The summed E-state index contributed by atoms with van der Waals surface area (Å²) in [5.41, 5.74) is 2.50. The molecule has 0 radical (unpaired) electrons. The lowest BCUT2D eigenvalue weighted by Gasteiger charge is -2.12. The molecule has 0 heterocycles. The van der Waals surface area contributed by atoms with Crippen molar-refractivity contribution in [3.05, 3.63) is 71.8 Å². The van der Waals surface area contributed by atoms with Crippen LogP contribution in [0.5, 0.6) is 5.75 Å². The quantitative estimate of drug-likeness (QED) is 0.776. The molecule has 3 aromatic carbocycles. The Morgan fingerprint density at radius 1 is 0.909 bits per heavy atom. The number of hydrogen-bond donors (Lipinski definition) is 1. The van der Waals surface area contributed by atoms with Gasteiger partial charge in [-0.25, -0.2) is 0 Å². The number of nitrogens with one attached hydrogen (secondary N) is 1. The molecule has 0 aromatic heterocycles. The van der Waals surface area contributed by atoms with Crippen molar-refractivity contribution in [3.8, 4) is 5.75 Å². The van der Waals surface area contributed by atoms with E-state index in [1.165, 1.54) is 0 Å². The largest absolute Gasteiger partial charge is 0.496 e. The maximum absolute atomic E-state index is 12.6. The third-order valence-electron chi connectivity index (χ3n) is 3.74. The monoisotopic (exact) mass is 291 g/mol. The van der Waals surface area contributed by atoms with Crippen LogP contribution in [0.3, 0.4) is 0 Å². The molecule has 0 fully saturated rings. The average Bonchev–Trinajstić information content (AvgIpc) is 2.56. The molecule has 0 aliphatic rings. The van der Waals surface area contributed by atoms with E-state index >= 15 is 0 Å². The van der Waals surface area contributed by atoms with E-state index < -0.39 is 0 Å². The number of para-hydroxylation sites is 1. The summed E-state index contributed by atoms with van der Waals surface area (Å²) in [5.74, 6) is 0.649. The van der Waals surface area contributed by atoms with Gasteiger partial charge in [0.25, 0.3) is 5.91 Å². The number of carbonyl (C=O) groups excluding carboxylic acids is 1. The lowest BCUT2D eigenvalue weighted by Crippen LogP contribution is -2.13. The van der Waals surface area contributed by atoms with Crippen LogP contribution in [0, 0.1) is 6.92 Å². The molecule has 1 N–H and O–H groups in total. The second-order valence-corrected chi connectivity index (χ2v) is 5.13. The van der Waals surface area contributed by atoms with Gasteiger partial charge in [-0.15, -0.1) is 0 Å². The normalized spacial score (nSPS) is 10.5. The average molecular weight is 291 g/mol. The highest BCUT2D eigenvalue weighted by Crippen LogP contribution is 2.29. The highest BCUT2D eigenvalue weighted by Gasteiger charge is 2.13. The predicted molar refractivity (Wildman–Crippen MR) is 89.6 cm³/mol. The van der Waals surface area contributed by atoms with Crippen molar-refractivity contribution in [3.63, 3.8) is 0 Å². The summed E-state index contributed by atoms with van der Waals surface area (Å²) in [6, 6.07) is 19.1. The van der Waals surface area contributed by atoms with Crippen LogP contribution in [-0.2, 0) is 0 Å². The molecule has 0 bridgehead atoms. The highest BCUT2D eigenvalue weighted by atomic mass is 16.5. The Balaban J connectivity index is 2.03. The van der Waals surface area contributed by atoms with Crippen LogP contribution < -0.4 is 10.1 Å². The molecule has 3 rings (SSSR count). The lowest BCUT2D eigenvalue weighted by atomic mass is 10.0. The molecule has 0 saturated carbocycles. The summed E-state index contributed by atoms with van der Waals surface area (Å²) in [6.45, 7) is 1.97. The molecule has 3 heteroatoms. The van der Waals surface area contributed by atoms with Crippen LogP contribution >= 0.6 is 0 Å². The van der Waals surface area contributed by atoms with Crippen LogP contribution in [0.15, 0.2) is 60.7 Å². The standard InChI is InChI=1S/C19H17NO2/c1-13-7-3-6-10-17(13)20-19(21)16-11-12-18(22-2)15-9-5-4-8-14(15)16/h3-12H,1-2H3,(H,20,21). The second-order valence-electron chi connectivity index (χ2n) is 5.13. The van der Waals surface area contributed by atoms with Gasteiger partial charge in [0.1, 0.15) is 5.75 Å². The van der Waals surface area contributed by atoms with E-state index in [0.29, 0.717) is 5.56 Å². The van der Waals surface area contributed by atoms with Crippen molar-refractivity contribution in [1.29, 1.82) is 0 Å². The maximum atomic E-state index is 12.6. The minimum absolute atomic E-state index is 0.117. The fourth-order valence-electron chi connectivity index (χ4n) is 2.55. The Morgan fingerprint density at radius 2 is 1.59 bits per heavy atom.